The Kier molecular flexibility index (Phi) is 5.87. The molecule has 28 heavy (non-hydrogen) atoms. The average Bonchev–Trinajstić information content (AvgIpc) is 3.37. The molecule has 0 radical (unpaired) electrons. The molecule has 0 saturated carbocycles. The van der Waals surface area contributed by atoms with E-state index >= 15 is 0 Å². The number of hydrogen-bond donors (Lipinski definition) is 1. The molecule has 2 aromatic heterocycles. The Bertz CT molecular complexity index is 788. The molecule has 1 N–H and O–H groups in total. The van der Waals surface area contributed by atoms with E-state index in [1.807, 2.05) is 33.7 Å². The summed E-state index contributed by atoms with van der Waals surface area (Å²) in [6.07, 6.45) is 6.22. The van der Waals surface area contributed by atoms with Gasteiger partial charge < -0.3 is 14.6 Å². The first-order chi connectivity index (χ1) is 13.7. The maximum Gasteiger partial charge on any atom is 0.241 e. The van der Waals surface area contributed by atoms with Crippen LogP contribution in [0.25, 0.3) is 5.65 Å². The highest BCUT2D eigenvalue weighted by Gasteiger charge is 2.21. The fraction of sp³-hybridized carbons (Fsp3) is 0.550. The number of aromatic nitrogens is 2. The van der Waals surface area contributed by atoms with Gasteiger partial charge in [-0.25, -0.2) is 4.98 Å². The van der Waals surface area contributed by atoms with E-state index in [2.05, 4.69) is 26.3 Å². The number of carbonyl (C=O) groups is 2. The van der Waals surface area contributed by atoms with E-state index in [1.165, 1.54) is 0 Å². The van der Waals surface area contributed by atoms with Gasteiger partial charge in [0.2, 0.25) is 11.8 Å². The van der Waals surface area contributed by atoms with Gasteiger partial charge in [-0.05, 0) is 25.0 Å². The molecule has 0 spiro atoms. The van der Waals surface area contributed by atoms with E-state index in [9.17, 15) is 9.59 Å². The van der Waals surface area contributed by atoms with E-state index in [1.54, 1.807) is 0 Å². The first-order valence-corrected chi connectivity index (χ1v) is 10.1. The summed E-state index contributed by atoms with van der Waals surface area (Å²) in [6.45, 7) is 6.46. The van der Waals surface area contributed by atoms with Crippen LogP contribution in [-0.2, 0) is 16.1 Å². The number of imidazole rings is 1. The van der Waals surface area contributed by atoms with Crippen molar-refractivity contribution in [3.05, 3.63) is 36.3 Å². The molecule has 150 valence electrons. The highest BCUT2D eigenvalue weighted by atomic mass is 16.2. The van der Waals surface area contributed by atoms with Crippen LogP contribution in [0.1, 0.15) is 18.5 Å². The highest BCUT2D eigenvalue weighted by molar-refractivity contribution is 5.85. The van der Waals surface area contributed by atoms with E-state index in [0.29, 0.717) is 6.54 Å². The quantitative estimate of drug-likeness (QED) is 0.770. The lowest BCUT2D eigenvalue weighted by molar-refractivity contribution is -0.132. The number of piperazine rings is 1. The van der Waals surface area contributed by atoms with Crippen LogP contribution in [-0.4, -0.2) is 88.3 Å². The molecule has 2 aliphatic rings. The van der Waals surface area contributed by atoms with Crippen LogP contribution >= 0.6 is 0 Å². The summed E-state index contributed by atoms with van der Waals surface area (Å²) in [5.41, 5.74) is 2.04. The summed E-state index contributed by atoms with van der Waals surface area (Å²) in [4.78, 5) is 35.2. The minimum atomic E-state index is -0.0682. The molecule has 2 aromatic rings. The van der Waals surface area contributed by atoms with E-state index < -0.39 is 0 Å². The number of amides is 2. The van der Waals surface area contributed by atoms with Crippen LogP contribution in [0.3, 0.4) is 0 Å². The summed E-state index contributed by atoms with van der Waals surface area (Å²) in [7, 11) is 0. The predicted octanol–water partition coefficient (Wildman–Crippen LogP) is 0.191. The second-order valence-corrected chi connectivity index (χ2v) is 7.62. The van der Waals surface area contributed by atoms with Crippen LogP contribution in [0, 0.1) is 0 Å². The third kappa shape index (κ3) is 4.69. The third-order valence-electron chi connectivity index (χ3n) is 5.53. The molecule has 8 heteroatoms. The van der Waals surface area contributed by atoms with Gasteiger partial charge in [0.15, 0.2) is 0 Å². The van der Waals surface area contributed by atoms with Gasteiger partial charge in [0.1, 0.15) is 5.65 Å². The van der Waals surface area contributed by atoms with Gasteiger partial charge in [-0.2, -0.15) is 0 Å². The summed E-state index contributed by atoms with van der Waals surface area (Å²) in [6, 6.07) is 6.00. The summed E-state index contributed by atoms with van der Waals surface area (Å²) in [5, 5.41) is 2.77. The van der Waals surface area contributed by atoms with Crippen molar-refractivity contribution in [1.82, 2.24) is 29.4 Å². The maximum atomic E-state index is 12.2. The van der Waals surface area contributed by atoms with Crippen molar-refractivity contribution in [2.24, 2.45) is 0 Å². The first-order valence-electron chi connectivity index (χ1n) is 10.1. The van der Waals surface area contributed by atoms with Gasteiger partial charge in [-0.1, -0.05) is 6.07 Å². The fourth-order valence-corrected chi connectivity index (χ4v) is 3.91. The van der Waals surface area contributed by atoms with Gasteiger partial charge in [0, 0.05) is 58.2 Å². The molecule has 0 unspecified atom stereocenters. The smallest absolute Gasteiger partial charge is 0.241 e. The normalized spacial score (nSPS) is 18.6. The van der Waals surface area contributed by atoms with Crippen molar-refractivity contribution >= 4 is 17.5 Å². The molecular formula is C20H28N6O2. The molecule has 2 amide bonds. The van der Waals surface area contributed by atoms with Crippen molar-refractivity contribution in [3.8, 4) is 0 Å². The molecule has 0 bridgehead atoms. The molecule has 0 aromatic carbocycles. The molecule has 2 saturated heterocycles. The number of rotatable bonds is 6. The van der Waals surface area contributed by atoms with Crippen molar-refractivity contribution in [3.63, 3.8) is 0 Å². The first kappa shape index (κ1) is 18.9. The van der Waals surface area contributed by atoms with Gasteiger partial charge in [0.25, 0.3) is 0 Å². The Morgan fingerprint density at radius 3 is 2.50 bits per heavy atom. The van der Waals surface area contributed by atoms with Crippen LogP contribution < -0.4 is 5.32 Å². The Balaban J connectivity index is 1.17. The number of pyridine rings is 1. The average molecular weight is 384 g/mol. The highest BCUT2D eigenvalue weighted by Crippen LogP contribution is 2.10. The summed E-state index contributed by atoms with van der Waals surface area (Å²) >= 11 is 0. The molecule has 0 aliphatic carbocycles. The Morgan fingerprint density at radius 2 is 1.75 bits per heavy atom. The van der Waals surface area contributed by atoms with Crippen molar-refractivity contribution in [2.45, 2.75) is 19.4 Å². The lowest BCUT2D eigenvalue weighted by Crippen LogP contribution is -2.50. The van der Waals surface area contributed by atoms with Gasteiger partial charge in [-0.15, -0.1) is 0 Å². The maximum absolute atomic E-state index is 12.2. The molecule has 4 rings (SSSR count). The lowest BCUT2D eigenvalue weighted by Gasteiger charge is -2.33. The van der Waals surface area contributed by atoms with E-state index in [-0.39, 0.29) is 18.4 Å². The number of nitrogens with zero attached hydrogens (tertiary/aromatic N) is 5. The molecule has 8 nitrogen and oxygen atoms in total. The number of nitrogens with one attached hydrogen (secondary N) is 1. The Hall–Kier alpha value is -2.45. The Labute approximate surface area is 165 Å². The standard InChI is InChI=1S/C20H28N6O2/c27-19(21-13-20(28)25-6-3-4-7-25)16-24-11-9-23(10-12-24)14-17-15-26-8-2-1-5-18(26)22-17/h1-2,5,8,15H,3-4,6-7,9-14,16H2,(H,21,27). The second kappa shape index (κ2) is 8.70. The molecule has 2 fully saturated rings. The number of carbonyl (C=O) groups excluding carboxylic acids is 2. The number of hydrogen-bond acceptors (Lipinski definition) is 5. The topological polar surface area (TPSA) is 73.2 Å². The zero-order valence-corrected chi connectivity index (χ0v) is 16.2. The summed E-state index contributed by atoms with van der Waals surface area (Å²) < 4.78 is 2.04. The zero-order chi connectivity index (χ0) is 19.3. The van der Waals surface area contributed by atoms with Crippen molar-refractivity contribution in [2.75, 3.05) is 52.4 Å². The fourth-order valence-electron chi connectivity index (χ4n) is 3.91. The summed E-state index contributed by atoms with van der Waals surface area (Å²) in [5.74, 6) is -0.0375. The monoisotopic (exact) mass is 384 g/mol. The van der Waals surface area contributed by atoms with E-state index in [0.717, 1.165) is 70.0 Å². The van der Waals surface area contributed by atoms with Crippen LogP contribution in [0.4, 0.5) is 0 Å². The van der Waals surface area contributed by atoms with E-state index in [4.69, 9.17) is 0 Å². The van der Waals surface area contributed by atoms with Gasteiger partial charge in [-0.3, -0.25) is 19.4 Å². The van der Waals surface area contributed by atoms with Crippen LogP contribution in [0.2, 0.25) is 0 Å². The molecule has 0 atom stereocenters. The predicted molar refractivity (Wildman–Crippen MR) is 106 cm³/mol. The van der Waals surface area contributed by atoms with Crippen molar-refractivity contribution in [1.29, 1.82) is 0 Å². The number of likely N-dealkylation sites (tertiary alicyclic amines) is 1. The number of fused-ring (bicyclic) bond motifs is 1. The molecule has 2 aliphatic heterocycles. The third-order valence-corrected chi connectivity index (χ3v) is 5.53. The zero-order valence-electron chi connectivity index (χ0n) is 16.2. The second-order valence-electron chi connectivity index (χ2n) is 7.62. The minimum Gasteiger partial charge on any atom is -0.346 e. The van der Waals surface area contributed by atoms with Gasteiger partial charge in [0.05, 0.1) is 18.8 Å². The Morgan fingerprint density at radius 1 is 1.00 bits per heavy atom. The van der Waals surface area contributed by atoms with Crippen LogP contribution in [0.15, 0.2) is 30.6 Å². The molecule has 4 heterocycles. The van der Waals surface area contributed by atoms with Crippen molar-refractivity contribution < 1.29 is 9.59 Å². The van der Waals surface area contributed by atoms with Crippen LogP contribution in [0.5, 0.6) is 0 Å². The largest absolute Gasteiger partial charge is 0.346 e. The SMILES string of the molecule is O=C(CN1CCN(Cc2cn3ccccc3n2)CC1)NCC(=O)N1CCCC1. The molecular weight excluding hydrogens is 356 g/mol. The minimum absolute atomic E-state index is 0.0307. The van der Waals surface area contributed by atoms with Gasteiger partial charge >= 0.3 is 0 Å². The lowest BCUT2D eigenvalue weighted by atomic mass is 10.3.